The van der Waals surface area contributed by atoms with Crippen molar-refractivity contribution in [1.82, 2.24) is 9.47 Å². The van der Waals surface area contributed by atoms with Gasteiger partial charge in [0.05, 0.1) is 6.04 Å². The molecule has 0 N–H and O–H groups in total. The topological polar surface area (TPSA) is 65.4 Å². The second-order valence-electron chi connectivity index (χ2n) is 5.51. The molecule has 3 rings (SSSR count). The maximum absolute atomic E-state index is 12.5. The maximum Gasteiger partial charge on any atom is 0.223 e. The van der Waals surface area contributed by atoms with E-state index in [-0.39, 0.29) is 24.8 Å². The van der Waals surface area contributed by atoms with Crippen molar-refractivity contribution in [2.45, 2.75) is 25.4 Å². The van der Waals surface area contributed by atoms with Gasteiger partial charge in [0.25, 0.3) is 0 Å². The van der Waals surface area contributed by atoms with E-state index in [4.69, 9.17) is 11.6 Å². The van der Waals surface area contributed by atoms with E-state index >= 15 is 0 Å². The summed E-state index contributed by atoms with van der Waals surface area (Å²) in [5.41, 5.74) is 1.82. The number of carbonyl (C=O) groups excluding carboxylic acids is 2. The molecular weight excluding hydrogens is 316 g/mol. The number of amides is 1. The van der Waals surface area contributed by atoms with Crippen molar-refractivity contribution in [2.24, 2.45) is 0 Å². The van der Waals surface area contributed by atoms with Crippen LogP contribution < -0.4 is 5.11 Å². The lowest BCUT2D eigenvalue weighted by Crippen LogP contribution is -2.42. The van der Waals surface area contributed by atoms with E-state index in [0.29, 0.717) is 18.1 Å². The van der Waals surface area contributed by atoms with Crippen molar-refractivity contribution < 1.29 is 14.7 Å². The summed E-state index contributed by atoms with van der Waals surface area (Å²) in [4.78, 5) is 24.9. The molecule has 1 aliphatic rings. The summed E-state index contributed by atoms with van der Waals surface area (Å²) in [6, 6.07) is 11.0. The van der Waals surface area contributed by atoms with E-state index < -0.39 is 5.97 Å². The van der Waals surface area contributed by atoms with E-state index in [1.54, 1.807) is 11.0 Å². The molecule has 0 spiro atoms. The van der Waals surface area contributed by atoms with Gasteiger partial charge < -0.3 is 19.4 Å². The van der Waals surface area contributed by atoms with Gasteiger partial charge in [0.1, 0.15) is 0 Å². The molecule has 0 radical (unpaired) electrons. The number of carboxylic acid groups (broad SMARTS) is 1. The van der Waals surface area contributed by atoms with Crippen molar-refractivity contribution in [1.29, 1.82) is 0 Å². The molecule has 1 aromatic heterocycles. The number of rotatable bonds is 4. The third kappa shape index (κ3) is 3.10. The monoisotopic (exact) mass is 331 g/mol. The van der Waals surface area contributed by atoms with Gasteiger partial charge in [-0.05, 0) is 30.2 Å². The van der Waals surface area contributed by atoms with Crippen molar-refractivity contribution in [3.8, 4) is 0 Å². The smallest absolute Gasteiger partial charge is 0.223 e. The molecule has 5 nitrogen and oxygen atoms in total. The number of nitrogens with zero attached hydrogens (tertiary/aromatic N) is 2. The van der Waals surface area contributed by atoms with Crippen LogP contribution in [0.5, 0.6) is 0 Å². The molecule has 23 heavy (non-hydrogen) atoms. The van der Waals surface area contributed by atoms with Crippen LogP contribution in [-0.2, 0) is 16.1 Å². The minimum atomic E-state index is -1.21. The Balaban J connectivity index is 1.97. The minimum absolute atomic E-state index is 0.0655. The first kappa shape index (κ1) is 15.6. The molecule has 120 valence electrons. The third-order valence-electron chi connectivity index (χ3n) is 4.10. The predicted molar refractivity (Wildman–Crippen MR) is 83.7 cm³/mol. The molecule has 1 aliphatic heterocycles. The Morgan fingerprint density at radius 2 is 1.91 bits per heavy atom. The minimum Gasteiger partial charge on any atom is -0.550 e. The van der Waals surface area contributed by atoms with Gasteiger partial charge in [0.2, 0.25) is 5.91 Å². The molecule has 2 heterocycles. The zero-order valence-electron chi connectivity index (χ0n) is 12.4. The molecule has 0 fully saturated rings. The average Bonchev–Trinajstić information content (AvgIpc) is 3.01. The van der Waals surface area contributed by atoms with Gasteiger partial charge in [-0.1, -0.05) is 29.8 Å². The highest BCUT2D eigenvalue weighted by Gasteiger charge is 2.32. The number of carbonyl (C=O) groups is 2. The van der Waals surface area contributed by atoms with Crippen molar-refractivity contribution in [3.05, 3.63) is 58.9 Å². The summed E-state index contributed by atoms with van der Waals surface area (Å²) < 4.78 is 2.09. The molecule has 6 heteroatoms. The second-order valence-corrected chi connectivity index (χ2v) is 5.92. The lowest BCUT2D eigenvalue weighted by Gasteiger charge is -2.38. The fourth-order valence-corrected chi connectivity index (χ4v) is 3.27. The standard InChI is InChI=1S/C17H17ClN2O3/c18-13-5-2-1-4-12(13)17-14-6-3-9-19(14)10-11-20(17)15(21)7-8-16(22)23/h1-6,9,17H,7-8,10-11H2,(H,22,23)/p-1/t17-/m0/s1. The fourth-order valence-electron chi connectivity index (χ4n) is 3.03. The zero-order chi connectivity index (χ0) is 16.4. The number of benzene rings is 1. The molecule has 2 aromatic rings. The van der Waals surface area contributed by atoms with Gasteiger partial charge in [0, 0.05) is 42.4 Å². The fraction of sp³-hybridized carbons (Fsp3) is 0.294. The summed E-state index contributed by atoms with van der Waals surface area (Å²) in [5, 5.41) is 11.2. The molecular formula is C17H16ClN2O3-. The highest BCUT2D eigenvalue weighted by Crippen LogP contribution is 2.36. The SMILES string of the molecule is O=C([O-])CCC(=O)N1CCn2cccc2[C@@H]1c1ccccc1Cl. The van der Waals surface area contributed by atoms with Crippen LogP contribution >= 0.6 is 11.6 Å². The molecule has 0 saturated heterocycles. The van der Waals surface area contributed by atoms with Crippen LogP contribution in [-0.4, -0.2) is 27.9 Å². The zero-order valence-corrected chi connectivity index (χ0v) is 13.2. The summed E-state index contributed by atoms with van der Waals surface area (Å²) in [6.45, 7) is 1.20. The predicted octanol–water partition coefficient (Wildman–Crippen LogP) is 1.60. The molecule has 1 atom stereocenters. The van der Waals surface area contributed by atoms with E-state index in [0.717, 1.165) is 11.3 Å². The number of hydrogen-bond acceptors (Lipinski definition) is 3. The molecule has 1 amide bonds. The number of aliphatic carboxylic acids is 1. The molecule has 0 unspecified atom stereocenters. The Kier molecular flexibility index (Phi) is 4.39. The Labute approximate surface area is 139 Å². The molecule has 0 aliphatic carbocycles. The highest BCUT2D eigenvalue weighted by molar-refractivity contribution is 6.31. The third-order valence-corrected chi connectivity index (χ3v) is 4.45. The second kappa shape index (κ2) is 6.46. The van der Waals surface area contributed by atoms with Crippen molar-refractivity contribution in [2.75, 3.05) is 6.54 Å². The van der Waals surface area contributed by atoms with Crippen LogP contribution in [0.4, 0.5) is 0 Å². The van der Waals surface area contributed by atoms with Gasteiger partial charge in [-0.25, -0.2) is 0 Å². The first-order chi connectivity index (χ1) is 11.1. The molecule has 0 bridgehead atoms. The van der Waals surface area contributed by atoms with Gasteiger partial charge in [-0.3, -0.25) is 4.79 Å². The van der Waals surface area contributed by atoms with Crippen LogP contribution in [0.2, 0.25) is 5.02 Å². The Morgan fingerprint density at radius 1 is 1.13 bits per heavy atom. The summed E-state index contributed by atoms with van der Waals surface area (Å²) in [7, 11) is 0. The summed E-state index contributed by atoms with van der Waals surface area (Å²) in [6.07, 6.45) is 1.64. The summed E-state index contributed by atoms with van der Waals surface area (Å²) in [5.74, 6) is -1.42. The van der Waals surface area contributed by atoms with Crippen molar-refractivity contribution in [3.63, 3.8) is 0 Å². The van der Waals surface area contributed by atoms with Crippen LogP contribution in [0.25, 0.3) is 0 Å². The van der Waals surface area contributed by atoms with Crippen LogP contribution in [0.15, 0.2) is 42.6 Å². The molecule has 1 aromatic carbocycles. The van der Waals surface area contributed by atoms with Crippen LogP contribution in [0.3, 0.4) is 0 Å². The van der Waals surface area contributed by atoms with Gasteiger partial charge >= 0.3 is 0 Å². The van der Waals surface area contributed by atoms with Gasteiger partial charge in [-0.2, -0.15) is 0 Å². The highest BCUT2D eigenvalue weighted by atomic mass is 35.5. The van der Waals surface area contributed by atoms with Crippen LogP contribution in [0, 0.1) is 0 Å². The van der Waals surface area contributed by atoms with Crippen LogP contribution in [0.1, 0.15) is 30.1 Å². The Bertz CT molecular complexity index is 741. The first-order valence-electron chi connectivity index (χ1n) is 7.46. The number of fused-ring (bicyclic) bond motifs is 1. The van der Waals surface area contributed by atoms with Gasteiger partial charge in [0.15, 0.2) is 0 Å². The van der Waals surface area contributed by atoms with E-state index in [1.165, 1.54) is 0 Å². The maximum atomic E-state index is 12.5. The number of carboxylic acids is 1. The van der Waals surface area contributed by atoms with E-state index in [2.05, 4.69) is 4.57 Å². The quantitative estimate of drug-likeness (QED) is 0.854. The lowest BCUT2D eigenvalue weighted by molar-refractivity contribution is -0.305. The summed E-state index contributed by atoms with van der Waals surface area (Å²) >= 11 is 6.34. The van der Waals surface area contributed by atoms with Gasteiger partial charge in [-0.15, -0.1) is 0 Å². The van der Waals surface area contributed by atoms with Crippen molar-refractivity contribution >= 4 is 23.5 Å². The first-order valence-corrected chi connectivity index (χ1v) is 7.84. The largest absolute Gasteiger partial charge is 0.550 e. The number of aromatic nitrogens is 1. The Hall–Kier alpha value is -2.27. The molecule has 0 saturated carbocycles. The number of halogens is 1. The lowest BCUT2D eigenvalue weighted by atomic mass is 9.99. The number of hydrogen-bond donors (Lipinski definition) is 0. The normalized spacial score (nSPS) is 16.9. The van der Waals surface area contributed by atoms with E-state index in [1.807, 2.05) is 36.5 Å². The Morgan fingerprint density at radius 3 is 2.65 bits per heavy atom. The van der Waals surface area contributed by atoms with E-state index in [9.17, 15) is 14.7 Å². The average molecular weight is 332 g/mol.